The Morgan fingerprint density at radius 2 is 1.85 bits per heavy atom. The molecule has 2 aromatic carbocycles. The summed E-state index contributed by atoms with van der Waals surface area (Å²) in [4.78, 5) is 27.2. The predicted octanol–water partition coefficient (Wildman–Crippen LogP) is 2.78. The van der Waals surface area contributed by atoms with Gasteiger partial charge in [0.2, 0.25) is 15.9 Å². The lowest BCUT2D eigenvalue weighted by molar-refractivity contribution is -0.124. The Kier molecular flexibility index (Phi) is 5.27. The van der Waals surface area contributed by atoms with Gasteiger partial charge in [0, 0.05) is 17.5 Å². The molecule has 3 aliphatic rings. The van der Waals surface area contributed by atoms with E-state index in [-0.39, 0.29) is 39.4 Å². The number of rotatable bonds is 6. The zero-order chi connectivity index (χ0) is 24.6. The van der Waals surface area contributed by atoms with Gasteiger partial charge in [0.25, 0.3) is 5.91 Å². The molecule has 0 spiro atoms. The minimum atomic E-state index is -4.04. The number of amides is 2. The molecule has 11 heteroatoms. The standard InChI is InChI=1S/C23H22ClF2N3O4S/c24-16-8-17(25)15(7-18(16)26)19(11-4-5-11)23-9-13(23)10-29(20(23)21(27)30)22(31)12-2-1-3-14(6-12)34(28,32)33/h1-3,6-8,11,13,19-20H,4-5,9-10H2,(H2,27,30)(H2,28,32,33)/t13?,19-,20?,23?/m0/s1. The third kappa shape index (κ3) is 3.59. The van der Waals surface area contributed by atoms with Crippen LogP contribution in [-0.2, 0) is 14.8 Å². The van der Waals surface area contributed by atoms with E-state index < -0.39 is 50.8 Å². The van der Waals surface area contributed by atoms with Gasteiger partial charge in [-0.1, -0.05) is 17.7 Å². The molecule has 2 aliphatic carbocycles. The summed E-state index contributed by atoms with van der Waals surface area (Å²) in [5.41, 5.74) is 5.16. The molecule has 7 nitrogen and oxygen atoms in total. The summed E-state index contributed by atoms with van der Waals surface area (Å²) in [6, 6.07) is 6.21. The average Bonchev–Trinajstić information content (AvgIpc) is 3.69. The zero-order valence-corrected chi connectivity index (χ0v) is 19.5. The van der Waals surface area contributed by atoms with E-state index in [1.165, 1.54) is 23.1 Å². The van der Waals surface area contributed by atoms with Gasteiger partial charge in [-0.3, -0.25) is 9.59 Å². The van der Waals surface area contributed by atoms with Gasteiger partial charge in [0.1, 0.15) is 17.7 Å². The van der Waals surface area contributed by atoms with Gasteiger partial charge in [-0.15, -0.1) is 0 Å². The Morgan fingerprint density at radius 3 is 2.47 bits per heavy atom. The van der Waals surface area contributed by atoms with Gasteiger partial charge in [-0.05, 0) is 72.9 Å². The van der Waals surface area contributed by atoms with Gasteiger partial charge in [0.05, 0.1) is 9.92 Å². The summed E-state index contributed by atoms with van der Waals surface area (Å²) in [5.74, 6) is -3.32. The largest absolute Gasteiger partial charge is 0.368 e. The summed E-state index contributed by atoms with van der Waals surface area (Å²) in [7, 11) is -4.04. The molecule has 34 heavy (non-hydrogen) atoms. The van der Waals surface area contributed by atoms with E-state index in [1.54, 1.807) is 0 Å². The third-order valence-electron chi connectivity index (χ3n) is 7.42. The van der Waals surface area contributed by atoms with Crippen molar-refractivity contribution in [3.8, 4) is 0 Å². The molecule has 0 bridgehead atoms. The van der Waals surface area contributed by atoms with Crippen LogP contribution in [0.5, 0.6) is 0 Å². The second kappa shape index (κ2) is 7.73. The maximum atomic E-state index is 15.0. The van der Waals surface area contributed by atoms with Crippen LogP contribution >= 0.6 is 11.6 Å². The van der Waals surface area contributed by atoms with Crippen molar-refractivity contribution in [1.82, 2.24) is 4.90 Å². The number of likely N-dealkylation sites (tertiary alicyclic amines) is 1. The van der Waals surface area contributed by atoms with Gasteiger partial charge >= 0.3 is 0 Å². The molecule has 4 atom stereocenters. The van der Waals surface area contributed by atoms with Crippen LogP contribution in [0.25, 0.3) is 0 Å². The molecule has 1 saturated heterocycles. The molecular weight excluding hydrogens is 488 g/mol. The number of hydrogen-bond donors (Lipinski definition) is 2. The molecule has 3 unspecified atom stereocenters. The Bertz CT molecular complexity index is 1330. The van der Waals surface area contributed by atoms with Gasteiger partial charge in [-0.2, -0.15) is 0 Å². The Morgan fingerprint density at radius 1 is 1.15 bits per heavy atom. The highest BCUT2D eigenvalue weighted by Gasteiger charge is 2.73. The first-order valence-electron chi connectivity index (χ1n) is 10.8. The number of hydrogen-bond acceptors (Lipinski definition) is 4. The van der Waals surface area contributed by atoms with E-state index in [4.69, 9.17) is 22.5 Å². The Labute approximate surface area is 200 Å². The number of sulfonamides is 1. The van der Waals surface area contributed by atoms with Crippen molar-refractivity contribution in [2.75, 3.05) is 6.54 Å². The Balaban J connectivity index is 1.55. The topological polar surface area (TPSA) is 124 Å². The van der Waals surface area contributed by atoms with E-state index in [1.807, 2.05) is 0 Å². The summed E-state index contributed by atoms with van der Waals surface area (Å²) in [6.07, 6.45) is 2.13. The second-order valence-corrected chi connectivity index (χ2v) is 11.4. The fraction of sp³-hybridized carbons (Fsp3) is 0.391. The molecule has 0 aromatic heterocycles. The van der Waals surface area contributed by atoms with Crippen LogP contribution in [0.1, 0.15) is 41.1 Å². The van der Waals surface area contributed by atoms with Crippen LogP contribution in [0.15, 0.2) is 41.3 Å². The number of fused-ring (bicyclic) bond motifs is 1. The smallest absolute Gasteiger partial charge is 0.254 e. The lowest BCUT2D eigenvalue weighted by Crippen LogP contribution is -2.51. The number of nitrogens with two attached hydrogens (primary N) is 2. The van der Waals surface area contributed by atoms with Crippen LogP contribution in [0.4, 0.5) is 8.78 Å². The maximum Gasteiger partial charge on any atom is 0.254 e. The number of primary amides is 1. The van der Waals surface area contributed by atoms with Crippen LogP contribution in [-0.4, -0.2) is 37.7 Å². The van der Waals surface area contributed by atoms with Crippen LogP contribution in [0, 0.1) is 28.9 Å². The molecule has 3 fully saturated rings. The lowest BCUT2D eigenvalue weighted by Gasteiger charge is -2.35. The van der Waals surface area contributed by atoms with Gasteiger partial charge in [0.15, 0.2) is 0 Å². The second-order valence-electron chi connectivity index (χ2n) is 9.45. The summed E-state index contributed by atoms with van der Waals surface area (Å²) < 4.78 is 52.8. The predicted molar refractivity (Wildman–Crippen MR) is 119 cm³/mol. The number of nitrogens with zero attached hydrogens (tertiary/aromatic N) is 1. The first-order valence-corrected chi connectivity index (χ1v) is 12.7. The van der Waals surface area contributed by atoms with E-state index in [0.717, 1.165) is 31.0 Å². The molecule has 4 N–H and O–H groups in total. The third-order valence-corrected chi connectivity index (χ3v) is 8.63. The molecule has 0 radical (unpaired) electrons. The molecular formula is C23H22ClF2N3O4S. The van der Waals surface area contributed by atoms with Crippen LogP contribution in [0.2, 0.25) is 5.02 Å². The highest BCUT2D eigenvalue weighted by Crippen LogP contribution is 2.72. The van der Waals surface area contributed by atoms with Gasteiger partial charge in [-0.25, -0.2) is 22.3 Å². The first-order chi connectivity index (χ1) is 15.9. The fourth-order valence-electron chi connectivity index (χ4n) is 5.90. The zero-order valence-electron chi connectivity index (χ0n) is 17.9. The summed E-state index contributed by atoms with van der Waals surface area (Å²) in [6.45, 7) is 0.201. The molecule has 1 heterocycles. The highest BCUT2D eigenvalue weighted by molar-refractivity contribution is 7.89. The van der Waals surface area contributed by atoms with Crippen molar-refractivity contribution < 1.29 is 26.8 Å². The van der Waals surface area contributed by atoms with E-state index in [2.05, 4.69) is 0 Å². The van der Waals surface area contributed by atoms with Gasteiger partial charge < -0.3 is 10.6 Å². The monoisotopic (exact) mass is 509 g/mol. The first kappa shape index (κ1) is 23.2. The van der Waals surface area contributed by atoms with Crippen molar-refractivity contribution in [3.63, 3.8) is 0 Å². The van der Waals surface area contributed by atoms with Crippen molar-refractivity contribution >= 4 is 33.4 Å². The van der Waals surface area contributed by atoms with E-state index >= 15 is 0 Å². The van der Waals surface area contributed by atoms with Crippen molar-refractivity contribution in [2.45, 2.75) is 36.1 Å². The van der Waals surface area contributed by atoms with Crippen molar-refractivity contribution in [1.29, 1.82) is 0 Å². The minimum absolute atomic E-state index is 0.0303. The fourth-order valence-corrected chi connectivity index (χ4v) is 6.61. The molecule has 1 aliphatic heterocycles. The number of carbonyl (C=O) groups excluding carboxylic acids is 2. The highest BCUT2D eigenvalue weighted by atomic mass is 35.5. The van der Waals surface area contributed by atoms with Crippen LogP contribution in [0.3, 0.4) is 0 Å². The van der Waals surface area contributed by atoms with Crippen molar-refractivity contribution in [2.24, 2.45) is 28.1 Å². The number of benzene rings is 2. The molecule has 180 valence electrons. The summed E-state index contributed by atoms with van der Waals surface area (Å²) >= 11 is 5.75. The summed E-state index contributed by atoms with van der Waals surface area (Å²) in [5, 5.41) is 4.86. The minimum Gasteiger partial charge on any atom is -0.368 e. The Hall–Kier alpha value is -2.56. The molecule has 5 rings (SSSR count). The lowest BCUT2D eigenvalue weighted by atomic mass is 9.74. The SMILES string of the molecule is NC(=O)C1N(C(=O)c2cccc(S(N)(=O)=O)c2)CC2CC21[C@H](c1cc(F)c(Cl)cc1F)C1CC1. The number of piperidine rings is 1. The maximum absolute atomic E-state index is 15.0. The number of primary sulfonamides is 1. The quantitative estimate of drug-likeness (QED) is 0.581. The number of carbonyl (C=O) groups is 2. The van der Waals surface area contributed by atoms with E-state index in [0.29, 0.717) is 6.42 Å². The molecule has 2 saturated carbocycles. The molecule has 2 aromatic rings. The van der Waals surface area contributed by atoms with Crippen molar-refractivity contribution in [3.05, 3.63) is 64.2 Å². The molecule has 2 amide bonds. The average molecular weight is 510 g/mol. The van der Waals surface area contributed by atoms with E-state index in [9.17, 15) is 26.8 Å². The van der Waals surface area contributed by atoms with Crippen LogP contribution < -0.4 is 10.9 Å². The number of halogens is 3. The normalized spacial score (nSPS) is 26.8.